The molecule has 2 aliphatic rings. The Hall–Kier alpha value is -1.97. The van der Waals surface area contributed by atoms with Crippen LogP contribution < -0.4 is 5.73 Å². The van der Waals surface area contributed by atoms with Crippen LogP contribution in [0.15, 0.2) is 23.8 Å². The molecule has 22 heavy (non-hydrogen) atoms. The maximum Gasteiger partial charge on any atom is 0.137 e. The minimum absolute atomic E-state index is 0.270. The van der Waals surface area contributed by atoms with E-state index < -0.39 is 11.6 Å². The number of pyridine rings is 1. The van der Waals surface area contributed by atoms with Crippen molar-refractivity contribution in [3.05, 3.63) is 46.7 Å². The van der Waals surface area contributed by atoms with Crippen LogP contribution in [0.3, 0.4) is 0 Å². The molecule has 2 nitrogen and oxygen atoms in total. The lowest BCUT2D eigenvalue weighted by atomic mass is 9.70. The molecule has 0 spiro atoms. The third-order valence-corrected chi connectivity index (χ3v) is 5.05. The zero-order valence-electron chi connectivity index (χ0n) is 12.5. The van der Waals surface area contributed by atoms with Crippen molar-refractivity contribution in [2.45, 2.75) is 38.5 Å². The Morgan fingerprint density at radius 3 is 2.86 bits per heavy atom. The standard InChI is InChI=1S/C18H18F2N2/c1-2-9-3-10-5-11(4-9)16-14(6-10)22-15-8-12(19)7-13(20)17(15)18(16)21/h3,7-8,10-11H,2,4-6H2,1H3,(H2,21,22)/t10-,11+/m1/s1. The Bertz CT molecular complexity index is 811. The van der Waals surface area contributed by atoms with Gasteiger partial charge in [-0.2, -0.15) is 0 Å². The Morgan fingerprint density at radius 2 is 2.09 bits per heavy atom. The van der Waals surface area contributed by atoms with Gasteiger partial charge in [-0.1, -0.05) is 18.6 Å². The summed E-state index contributed by atoms with van der Waals surface area (Å²) < 4.78 is 27.6. The summed E-state index contributed by atoms with van der Waals surface area (Å²) >= 11 is 0. The molecule has 0 aliphatic heterocycles. The molecule has 0 saturated carbocycles. The van der Waals surface area contributed by atoms with Crippen molar-refractivity contribution in [1.82, 2.24) is 4.98 Å². The summed E-state index contributed by atoms with van der Waals surface area (Å²) in [5.74, 6) is -0.438. The normalized spacial score (nSPS) is 23.3. The molecule has 0 amide bonds. The molecular weight excluding hydrogens is 282 g/mol. The van der Waals surface area contributed by atoms with E-state index in [0.717, 1.165) is 43.0 Å². The smallest absolute Gasteiger partial charge is 0.137 e. The van der Waals surface area contributed by atoms with Gasteiger partial charge in [-0.05, 0) is 37.5 Å². The van der Waals surface area contributed by atoms with Crippen molar-refractivity contribution >= 4 is 16.6 Å². The number of anilines is 1. The molecule has 0 radical (unpaired) electrons. The molecule has 2 aromatic rings. The van der Waals surface area contributed by atoms with Crippen molar-refractivity contribution in [3.63, 3.8) is 0 Å². The molecule has 2 N–H and O–H groups in total. The zero-order chi connectivity index (χ0) is 15.4. The quantitative estimate of drug-likeness (QED) is 0.789. The lowest BCUT2D eigenvalue weighted by Gasteiger charge is -2.35. The Morgan fingerprint density at radius 1 is 1.27 bits per heavy atom. The summed E-state index contributed by atoms with van der Waals surface area (Å²) in [5, 5.41) is 0.270. The Kier molecular flexibility index (Phi) is 2.96. The average molecular weight is 300 g/mol. The molecule has 2 aliphatic carbocycles. The maximum absolute atomic E-state index is 14.2. The summed E-state index contributed by atoms with van der Waals surface area (Å²) in [6.07, 6.45) is 6.24. The monoisotopic (exact) mass is 300 g/mol. The van der Waals surface area contributed by atoms with Gasteiger partial charge >= 0.3 is 0 Å². The van der Waals surface area contributed by atoms with E-state index in [9.17, 15) is 8.78 Å². The summed E-state index contributed by atoms with van der Waals surface area (Å²) in [7, 11) is 0. The number of hydrogen-bond donors (Lipinski definition) is 1. The van der Waals surface area contributed by atoms with Crippen LogP contribution in [-0.4, -0.2) is 4.98 Å². The molecule has 1 heterocycles. The fourth-order valence-corrected chi connectivity index (χ4v) is 4.13. The molecule has 2 atom stereocenters. The van der Waals surface area contributed by atoms with Crippen LogP contribution in [0, 0.1) is 17.6 Å². The number of benzene rings is 1. The van der Waals surface area contributed by atoms with Crippen molar-refractivity contribution in [3.8, 4) is 0 Å². The van der Waals surface area contributed by atoms with Crippen LogP contribution in [0.5, 0.6) is 0 Å². The van der Waals surface area contributed by atoms with Gasteiger partial charge in [-0.15, -0.1) is 0 Å². The highest BCUT2D eigenvalue weighted by Gasteiger charge is 2.33. The van der Waals surface area contributed by atoms with E-state index in [1.165, 1.54) is 11.6 Å². The van der Waals surface area contributed by atoms with Crippen LogP contribution in [0.1, 0.15) is 43.4 Å². The topological polar surface area (TPSA) is 38.9 Å². The first-order valence-corrected chi connectivity index (χ1v) is 7.83. The minimum Gasteiger partial charge on any atom is -0.398 e. The third-order valence-electron chi connectivity index (χ3n) is 5.05. The highest BCUT2D eigenvalue weighted by Crippen LogP contribution is 2.47. The van der Waals surface area contributed by atoms with Crippen LogP contribution in [0.25, 0.3) is 10.9 Å². The highest BCUT2D eigenvalue weighted by molar-refractivity contribution is 5.93. The molecule has 4 heteroatoms. The second kappa shape index (κ2) is 4.77. The van der Waals surface area contributed by atoms with Gasteiger partial charge in [0.15, 0.2) is 0 Å². The van der Waals surface area contributed by atoms with E-state index in [1.54, 1.807) is 0 Å². The number of allylic oxidation sites excluding steroid dienone is 2. The van der Waals surface area contributed by atoms with Crippen molar-refractivity contribution in [1.29, 1.82) is 0 Å². The number of fused-ring (bicyclic) bond motifs is 5. The van der Waals surface area contributed by atoms with E-state index in [1.807, 2.05) is 0 Å². The van der Waals surface area contributed by atoms with Gasteiger partial charge in [-0.25, -0.2) is 8.78 Å². The summed E-state index contributed by atoms with van der Waals surface area (Å²) in [6.45, 7) is 2.16. The Labute approximate surface area is 128 Å². The predicted molar refractivity (Wildman–Crippen MR) is 83.6 cm³/mol. The van der Waals surface area contributed by atoms with Crippen LogP contribution in [0.4, 0.5) is 14.5 Å². The van der Waals surface area contributed by atoms with Gasteiger partial charge in [0, 0.05) is 29.1 Å². The van der Waals surface area contributed by atoms with E-state index in [4.69, 9.17) is 5.73 Å². The number of nitrogens with zero attached hydrogens (tertiary/aromatic N) is 1. The van der Waals surface area contributed by atoms with Crippen LogP contribution >= 0.6 is 0 Å². The first-order valence-electron chi connectivity index (χ1n) is 7.83. The second-order valence-corrected chi connectivity index (χ2v) is 6.45. The SMILES string of the molecule is CCC1=C[C@H]2Cc3nc4cc(F)cc(F)c4c(N)c3[C@@H](C1)C2. The summed E-state index contributed by atoms with van der Waals surface area (Å²) in [5.41, 5.74) is 10.4. The number of hydrogen-bond acceptors (Lipinski definition) is 2. The average Bonchev–Trinajstić information content (AvgIpc) is 2.45. The molecular formula is C18H18F2N2. The first kappa shape index (κ1) is 13.7. The van der Waals surface area contributed by atoms with Gasteiger partial charge in [0.2, 0.25) is 0 Å². The van der Waals surface area contributed by atoms with Gasteiger partial charge in [0.05, 0.1) is 10.9 Å². The zero-order valence-corrected chi connectivity index (χ0v) is 12.5. The molecule has 114 valence electrons. The molecule has 1 aromatic heterocycles. The lowest BCUT2D eigenvalue weighted by molar-refractivity contribution is 0.429. The Balaban J connectivity index is 1.95. The minimum atomic E-state index is -0.619. The highest BCUT2D eigenvalue weighted by atomic mass is 19.1. The third kappa shape index (κ3) is 1.93. The van der Waals surface area contributed by atoms with E-state index in [-0.39, 0.29) is 5.39 Å². The number of aromatic nitrogens is 1. The van der Waals surface area contributed by atoms with Gasteiger partial charge in [-0.3, -0.25) is 4.98 Å². The number of halogens is 2. The van der Waals surface area contributed by atoms with Crippen molar-refractivity contribution in [2.75, 3.05) is 5.73 Å². The van der Waals surface area contributed by atoms with E-state index in [0.29, 0.717) is 23.0 Å². The van der Waals surface area contributed by atoms with Crippen molar-refractivity contribution in [2.24, 2.45) is 5.92 Å². The fourth-order valence-electron chi connectivity index (χ4n) is 4.13. The van der Waals surface area contributed by atoms with Gasteiger partial charge < -0.3 is 5.73 Å². The number of nitrogens with two attached hydrogens (primary N) is 1. The largest absolute Gasteiger partial charge is 0.398 e. The summed E-state index contributed by atoms with van der Waals surface area (Å²) in [4.78, 5) is 4.54. The molecule has 4 rings (SSSR count). The molecule has 0 unspecified atom stereocenters. The van der Waals surface area contributed by atoms with Crippen LogP contribution in [0.2, 0.25) is 0 Å². The van der Waals surface area contributed by atoms with Crippen LogP contribution in [-0.2, 0) is 6.42 Å². The first-order chi connectivity index (χ1) is 10.6. The molecule has 2 bridgehead atoms. The van der Waals surface area contributed by atoms with Gasteiger partial charge in [0.1, 0.15) is 11.6 Å². The number of nitrogen functional groups attached to an aromatic ring is 1. The van der Waals surface area contributed by atoms with E-state index in [2.05, 4.69) is 18.0 Å². The van der Waals surface area contributed by atoms with Gasteiger partial charge in [0.25, 0.3) is 0 Å². The fraction of sp³-hybridized carbons (Fsp3) is 0.389. The summed E-state index contributed by atoms with van der Waals surface area (Å²) in [6, 6.07) is 2.16. The lowest BCUT2D eigenvalue weighted by Crippen LogP contribution is -2.24. The maximum atomic E-state index is 14.2. The molecule has 0 fully saturated rings. The molecule has 1 aromatic carbocycles. The van der Waals surface area contributed by atoms with Crippen molar-refractivity contribution < 1.29 is 8.78 Å². The second-order valence-electron chi connectivity index (χ2n) is 6.45. The predicted octanol–water partition coefficient (Wildman–Crippen LogP) is 4.48. The number of rotatable bonds is 1. The molecule has 0 saturated heterocycles. The van der Waals surface area contributed by atoms with E-state index >= 15 is 0 Å².